The molecule has 0 saturated carbocycles. The monoisotopic (exact) mass is 132 g/mol. The van der Waals surface area contributed by atoms with Crippen molar-refractivity contribution in [2.24, 2.45) is 5.73 Å². The largest absolute Gasteiger partial charge is 0.374 e. The lowest BCUT2D eigenvalue weighted by atomic mass is 10.1. The van der Waals surface area contributed by atoms with Crippen LogP contribution in [0.3, 0.4) is 0 Å². The normalized spacial score (nSPS) is 18.0. The summed E-state index contributed by atoms with van der Waals surface area (Å²) in [5, 5.41) is 9.51. The lowest BCUT2D eigenvalue weighted by molar-refractivity contribution is -0.0762. The molecule has 0 aliphatic carbocycles. The van der Waals surface area contributed by atoms with Crippen LogP contribution in [0.25, 0.3) is 0 Å². The van der Waals surface area contributed by atoms with Crippen molar-refractivity contribution in [3.8, 4) is 0 Å². The van der Waals surface area contributed by atoms with Gasteiger partial charge in [0.05, 0.1) is 0 Å². The molecule has 56 valence electrons. The Balaban J connectivity index is 3.92. The summed E-state index contributed by atoms with van der Waals surface area (Å²) in [6.07, 6.45) is 0.663. The van der Waals surface area contributed by atoms with E-state index in [1.807, 2.05) is 21.0 Å². The van der Waals surface area contributed by atoms with Gasteiger partial charge in [0, 0.05) is 6.54 Å². The SMILES string of the molecule is CCC(O)(CN)N(C)C. The van der Waals surface area contributed by atoms with Gasteiger partial charge in [-0.15, -0.1) is 0 Å². The van der Waals surface area contributed by atoms with Gasteiger partial charge in [-0.3, -0.25) is 4.90 Å². The molecule has 0 aromatic rings. The summed E-state index contributed by atoms with van der Waals surface area (Å²) in [7, 11) is 3.63. The molecule has 0 amide bonds. The molecule has 0 fully saturated rings. The predicted molar refractivity (Wildman–Crippen MR) is 38.0 cm³/mol. The summed E-state index contributed by atoms with van der Waals surface area (Å²) in [5.74, 6) is 0. The van der Waals surface area contributed by atoms with Crippen molar-refractivity contribution < 1.29 is 5.11 Å². The Morgan fingerprint density at radius 3 is 2.00 bits per heavy atom. The van der Waals surface area contributed by atoms with E-state index < -0.39 is 5.72 Å². The highest BCUT2D eigenvalue weighted by molar-refractivity contribution is 4.73. The Hall–Kier alpha value is -0.120. The maximum absolute atomic E-state index is 9.51. The quantitative estimate of drug-likeness (QED) is 0.514. The number of rotatable bonds is 3. The van der Waals surface area contributed by atoms with E-state index in [4.69, 9.17) is 5.73 Å². The van der Waals surface area contributed by atoms with Gasteiger partial charge in [-0.1, -0.05) is 6.92 Å². The van der Waals surface area contributed by atoms with Crippen LogP contribution in [0.15, 0.2) is 0 Å². The van der Waals surface area contributed by atoms with Crippen LogP contribution in [-0.4, -0.2) is 36.4 Å². The average molecular weight is 132 g/mol. The zero-order valence-electron chi connectivity index (χ0n) is 6.39. The van der Waals surface area contributed by atoms with Crippen LogP contribution in [0, 0.1) is 0 Å². The van der Waals surface area contributed by atoms with Gasteiger partial charge in [0.15, 0.2) is 0 Å². The van der Waals surface area contributed by atoms with E-state index in [2.05, 4.69) is 0 Å². The summed E-state index contributed by atoms with van der Waals surface area (Å²) in [6.45, 7) is 2.20. The van der Waals surface area contributed by atoms with Crippen LogP contribution in [0.2, 0.25) is 0 Å². The molecule has 0 heterocycles. The zero-order chi connectivity index (χ0) is 7.49. The molecule has 0 spiro atoms. The first-order valence-corrected chi connectivity index (χ1v) is 3.16. The lowest BCUT2D eigenvalue weighted by Crippen LogP contribution is -2.49. The molecule has 1 atom stereocenters. The summed E-state index contributed by atoms with van der Waals surface area (Å²) in [6, 6.07) is 0. The first-order chi connectivity index (χ1) is 4.06. The standard InChI is InChI=1S/C6H16N2O/c1-4-6(9,5-7)8(2)3/h9H,4-5,7H2,1-3H3. The minimum atomic E-state index is -0.806. The van der Waals surface area contributed by atoms with Gasteiger partial charge in [-0.05, 0) is 20.5 Å². The first kappa shape index (κ1) is 8.88. The summed E-state index contributed by atoms with van der Waals surface area (Å²) in [5.41, 5.74) is 4.52. The summed E-state index contributed by atoms with van der Waals surface area (Å²) in [4.78, 5) is 1.73. The Morgan fingerprint density at radius 2 is 2.00 bits per heavy atom. The molecule has 1 unspecified atom stereocenters. The fraction of sp³-hybridized carbons (Fsp3) is 1.00. The Kier molecular flexibility index (Phi) is 3.11. The van der Waals surface area contributed by atoms with E-state index in [0.717, 1.165) is 0 Å². The molecule has 9 heavy (non-hydrogen) atoms. The minimum absolute atomic E-state index is 0.288. The van der Waals surface area contributed by atoms with Crippen LogP contribution in [0.1, 0.15) is 13.3 Å². The van der Waals surface area contributed by atoms with Gasteiger partial charge in [0.25, 0.3) is 0 Å². The van der Waals surface area contributed by atoms with Crippen molar-refractivity contribution in [1.82, 2.24) is 4.90 Å². The molecule has 0 bridgehead atoms. The van der Waals surface area contributed by atoms with E-state index in [1.165, 1.54) is 0 Å². The van der Waals surface area contributed by atoms with Crippen LogP contribution in [0.4, 0.5) is 0 Å². The van der Waals surface area contributed by atoms with Crippen LogP contribution in [0.5, 0.6) is 0 Å². The molecule has 0 saturated heterocycles. The van der Waals surface area contributed by atoms with Crippen molar-refractivity contribution in [2.75, 3.05) is 20.6 Å². The van der Waals surface area contributed by atoms with Crippen molar-refractivity contribution in [2.45, 2.75) is 19.1 Å². The van der Waals surface area contributed by atoms with Crippen LogP contribution >= 0.6 is 0 Å². The fourth-order valence-corrected chi connectivity index (χ4v) is 0.643. The number of nitrogens with two attached hydrogens (primary N) is 1. The van der Waals surface area contributed by atoms with E-state index in [9.17, 15) is 5.11 Å². The molecular formula is C6H16N2O. The highest BCUT2D eigenvalue weighted by Gasteiger charge is 2.24. The Bertz CT molecular complexity index is 79.1. The van der Waals surface area contributed by atoms with Crippen LogP contribution in [-0.2, 0) is 0 Å². The molecule has 3 nitrogen and oxygen atoms in total. The highest BCUT2D eigenvalue weighted by atomic mass is 16.3. The smallest absolute Gasteiger partial charge is 0.130 e. The Morgan fingerprint density at radius 1 is 1.56 bits per heavy atom. The lowest BCUT2D eigenvalue weighted by Gasteiger charge is -2.32. The van der Waals surface area contributed by atoms with Gasteiger partial charge in [0.1, 0.15) is 5.72 Å². The highest BCUT2D eigenvalue weighted by Crippen LogP contribution is 2.09. The number of likely N-dealkylation sites (N-methyl/N-ethyl adjacent to an activating group) is 1. The molecule has 0 aliphatic rings. The molecule has 0 aromatic heterocycles. The van der Waals surface area contributed by atoms with Crippen molar-refractivity contribution in [1.29, 1.82) is 0 Å². The first-order valence-electron chi connectivity index (χ1n) is 3.16. The molecule has 0 radical (unpaired) electrons. The zero-order valence-corrected chi connectivity index (χ0v) is 6.39. The maximum Gasteiger partial charge on any atom is 0.130 e. The number of aliphatic hydroxyl groups is 1. The second-order valence-corrected chi connectivity index (χ2v) is 2.43. The molecule has 3 N–H and O–H groups in total. The third kappa shape index (κ3) is 1.93. The maximum atomic E-state index is 9.51. The Labute approximate surface area is 56.5 Å². The summed E-state index contributed by atoms with van der Waals surface area (Å²) >= 11 is 0. The third-order valence-corrected chi connectivity index (χ3v) is 1.73. The molecule has 0 aliphatic heterocycles. The molecule has 0 rings (SSSR count). The van der Waals surface area contributed by atoms with Gasteiger partial charge in [-0.25, -0.2) is 0 Å². The van der Waals surface area contributed by atoms with E-state index in [0.29, 0.717) is 6.42 Å². The fourth-order valence-electron chi connectivity index (χ4n) is 0.643. The van der Waals surface area contributed by atoms with Crippen molar-refractivity contribution >= 4 is 0 Å². The van der Waals surface area contributed by atoms with Gasteiger partial charge < -0.3 is 10.8 Å². The van der Waals surface area contributed by atoms with Gasteiger partial charge >= 0.3 is 0 Å². The van der Waals surface area contributed by atoms with Gasteiger partial charge in [0.2, 0.25) is 0 Å². The van der Waals surface area contributed by atoms with E-state index in [1.54, 1.807) is 4.90 Å². The number of hydrogen-bond donors (Lipinski definition) is 2. The van der Waals surface area contributed by atoms with Gasteiger partial charge in [-0.2, -0.15) is 0 Å². The minimum Gasteiger partial charge on any atom is -0.374 e. The second kappa shape index (κ2) is 3.15. The van der Waals surface area contributed by atoms with E-state index >= 15 is 0 Å². The molecule has 3 heteroatoms. The van der Waals surface area contributed by atoms with Crippen LogP contribution < -0.4 is 5.73 Å². The number of nitrogens with zero attached hydrogens (tertiary/aromatic N) is 1. The molecular weight excluding hydrogens is 116 g/mol. The van der Waals surface area contributed by atoms with E-state index in [-0.39, 0.29) is 6.54 Å². The molecule has 0 aromatic carbocycles. The predicted octanol–water partition coefficient (Wildman–Crippen LogP) is -0.395. The number of hydrogen-bond acceptors (Lipinski definition) is 3. The summed E-state index contributed by atoms with van der Waals surface area (Å²) < 4.78 is 0. The topological polar surface area (TPSA) is 49.5 Å². The third-order valence-electron chi connectivity index (χ3n) is 1.73. The van der Waals surface area contributed by atoms with Crippen molar-refractivity contribution in [3.63, 3.8) is 0 Å². The van der Waals surface area contributed by atoms with Crippen molar-refractivity contribution in [3.05, 3.63) is 0 Å². The second-order valence-electron chi connectivity index (χ2n) is 2.43. The average Bonchev–Trinajstić information content (AvgIpc) is 1.86.